The molecule has 0 spiro atoms. The van der Waals surface area contributed by atoms with E-state index in [1.54, 1.807) is 0 Å². The second-order valence-corrected chi connectivity index (χ2v) is 8.39. The van der Waals surface area contributed by atoms with Gasteiger partial charge in [-0.1, -0.05) is 33.1 Å². The largest absolute Gasteiger partial charge is 0.492 e. The molecule has 0 saturated carbocycles. The molecule has 0 aliphatic carbocycles. The summed E-state index contributed by atoms with van der Waals surface area (Å²) < 4.78 is 11.8. The van der Waals surface area contributed by atoms with E-state index in [2.05, 4.69) is 31.0 Å². The minimum absolute atomic E-state index is 0.0767. The van der Waals surface area contributed by atoms with E-state index in [1.165, 1.54) is 25.8 Å². The number of anilines is 1. The molecular formula is C24H40N2O3. The number of hydrogen-bond donors (Lipinski definition) is 1. The van der Waals surface area contributed by atoms with Gasteiger partial charge in [-0.15, -0.1) is 0 Å². The number of hydrogen-bond acceptors (Lipinski definition) is 4. The molecule has 0 radical (unpaired) electrons. The van der Waals surface area contributed by atoms with E-state index >= 15 is 0 Å². The molecule has 2 rings (SSSR count). The predicted octanol–water partition coefficient (Wildman–Crippen LogP) is 5.25. The molecule has 0 bridgehead atoms. The second kappa shape index (κ2) is 12.2. The first-order chi connectivity index (χ1) is 14.0. The zero-order valence-corrected chi connectivity index (χ0v) is 18.8. The minimum atomic E-state index is -0.785. The van der Waals surface area contributed by atoms with Gasteiger partial charge in [-0.05, 0) is 70.3 Å². The molecule has 1 N–H and O–H groups in total. The van der Waals surface area contributed by atoms with Crippen molar-refractivity contribution in [2.75, 3.05) is 31.6 Å². The summed E-state index contributed by atoms with van der Waals surface area (Å²) in [6, 6.07) is 8.30. The number of likely N-dealkylation sites (tertiary alicyclic amines) is 1. The summed E-state index contributed by atoms with van der Waals surface area (Å²) >= 11 is 0. The minimum Gasteiger partial charge on any atom is -0.492 e. The van der Waals surface area contributed by atoms with E-state index in [1.807, 2.05) is 31.2 Å². The van der Waals surface area contributed by atoms with Crippen LogP contribution < -0.4 is 10.1 Å². The molecule has 0 unspecified atom stereocenters. The molecule has 1 fully saturated rings. The van der Waals surface area contributed by atoms with Crippen molar-refractivity contribution in [3.63, 3.8) is 0 Å². The Morgan fingerprint density at radius 1 is 1.17 bits per heavy atom. The number of nitrogens with one attached hydrogen (secondary N) is 1. The summed E-state index contributed by atoms with van der Waals surface area (Å²) in [4.78, 5) is 15.3. The normalized spacial score (nSPS) is 19.5. The Labute approximate surface area is 177 Å². The topological polar surface area (TPSA) is 50.8 Å². The maximum absolute atomic E-state index is 12.8. The van der Waals surface area contributed by atoms with Gasteiger partial charge < -0.3 is 14.8 Å². The van der Waals surface area contributed by atoms with Crippen LogP contribution in [0.25, 0.3) is 0 Å². The Hall–Kier alpha value is -1.59. The van der Waals surface area contributed by atoms with E-state index in [4.69, 9.17) is 9.47 Å². The molecule has 2 atom stereocenters. The first-order valence-electron chi connectivity index (χ1n) is 11.4. The Balaban J connectivity index is 1.84. The highest BCUT2D eigenvalue weighted by atomic mass is 16.5. The van der Waals surface area contributed by atoms with Crippen molar-refractivity contribution < 1.29 is 14.3 Å². The monoisotopic (exact) mass is 404 g/mol. The first kappa shape index (κ1) is 23.7. The van der Waals surface area contributed by atoms with Crippen LogP contribution in [0.2, 0.25) is 0 Å². The van der Waals surface area contributed by atoms with Crippen LogP contribution in [-0.2, 0) is 9.53 Å². The molecule has 1 aliphatic heterocycles. The highest BCUT2D eigenvalue weighted by molar-refractivity contribution is 5.97. The smallest absolute Gasteiger partial charge is 0.256 e. The Morgan fingerprint density at radius 2 is 1.93 bits per heavy atom. The average Bonchev–Trinajstić information content (AvgIpc) is 2.73. The molecule has 5 nitrogen and oxygen atoms in total. The van der Waals surface area contributed by atoms with Crippen molar-refractivity contribution in [3.8, 4) is 5.75 Å². The van der Waals surface area contributed by atoms with Crippen LogP contribution in [0.3, 0.4) is 0 Å². The maximum Gasteiger partial charge on any atom is 0.256 e. The zero-order valence-electron chi connectivity index (χ0n) is 18.8. The molecule has 1 aliphatic rings. The second-order valence-electron chi connectivity index (χ2n) is 8.39. The Bertz CT molecular complexity index is 595. The lowest BCUT2D eigenvalue weighted by Crippen LogP contribution is -2.43. The van der Waals surface area contributed by atoms with Crippen LogP contribution in [0.5, 0.6) is 5.75 Å². The van der Waals surface area contributed by atoms with Gasteiger partial charge in [0.25, 0.3) is 5.91 Å². The molecule has 164 valence electrons. The molecular weight excluding hydrogens is 364 g/mol. The van der Waals surface area contributed by atoms with Crippen LogP contribution in [0.15, 0.2) is 24.3 Å². The number of carbonyl (C=O) groups excluding carboxylic acids is 1. The van der Waals surface area contributed by atoms with Crippen molar-refractivity contribution in [1.82, 2.24) is 4.90 Å². The van der Waals surface area contributed by atoms with Gasteiger partial charge in [-0.2, -0.15) is 0 Å². The summed E-state index contributed by atoms with van der Waals surface area (Å²) in [5.41, 5.74) is -0.0124. The number of carbonyl (C=O) groups is 1. The SMILES string of the molecule is CCCC[C@](C)(OCCC)C(=O)Nc1ccc(OCCN2CCCC[C@H]2C)cc1. The number of rotatable bonds is 12. The lowest BCUT2D eigenvalue weighted by Gasteiger charge is -2.33. The van der Waals surface area contributed by atoms with Gasteiger partial charge in [0.05, 0.1) is 0 Å². The van der Waals surface area contributed by atoms with E-state index in [-0.39, 0.29) is 5.91 Å². The van der Waals surface area contributed by atoms with Crippen molar-refractivity contribution in [1.29, 1.82) is 0 Å². The molecule has 1 aromatic rings. The summed E-state index contributed by atoms with van der Waals surface area (Å²) in [5.74, 6) is 0.760. The van der Waals surface area contributed by atoms with Gasteiger partial charge in [-0.3, -0.25) is 9.69 Å². The predicted molar refractivity (Wildman–Crippen MR) is 120 cm³/mol. The number of nitrogens with zero attached hydrogens (tertiary/aromatic N) is 1. The third-order valence-electron chi connectivity index (χ3n) is 5.81. The van der Waals surface area contributed by atoms with Crippen LogP contribution in [0, 0.1) is 0 Å². The lowest BCUT2D eigenvalue weighted by atomic mass is 9.97. The van der Waals surface area contributed by atoms with Gasteiger partial charge >= 0.3 is 0 Å². The Kier molecular flexibility index (Phi) is 9.95. The standard InChI is InChI=1S/C24H40N2O3/c1-5-7-15-24(4,29-18-6-2)23(27)25-21-11-13-22(14-12-21)28-19-17-26-16-9-8-10-20(26)3/h11-14,20H,5-10,15-19H2,1-4H3,(H,25,27)/t20-,24+/m1/s1. The highest BCUT2D eigenvalue weighted by Gasteiger charge is 2.33. The number of unbranched alkanes of at least 4 members (excludes halogenated alkanes) is 1. The molecule has 0 aromatic heterocycles. The summed E-state index contributed by atoms with van der Waals surface area (Å²) in [6.07, 6.45) is 7.55. The third kappa shape index (κ3) is 7.63. The van der Waals surface area contributed by atoms with Crippen LogP contribution >= 0.6 is 0 Å². The van der Waals surface area contributed by atoms with Gasteiger partial charge in [-0.25, -0.2) is 0 Å². The number of piperidine rings is 1. The molecule has 5 heteroatoms. The van der Waals surface area contributed by atoms with E-state index in [0.29, 0.717) is 19.3 Å². The van der Waals surface area contributed by atoms with Crippen LogP contribution in [-0.4, -0.2) is 48.8 Å². The number of amides is 1. The van der Waals surface area contributed by atoms with Crippen LogP contribution in [0.4, 0.5) is 5.69 Å². The van der Waals surface area contributed by atoms with E-state index in [9.17, 15) is 4.79 Å². The van der Waals surface area contributed by atoms with Gasteiger partial charge in [0, 0.05) is 24.9 Å². The molecule has 1 heterocycles. The number of ether oxygens (including phenoxy) is 2. The zero-order chi connectivity index (χ0) is 21.1. The van der Waals surface area contributed by atoms with Crippen molar-refractivity contribution in [2.45, 2.75) is 84.3 Å². The van der Waals surface area contributed by atoms with Gasteiger partial charge in [0.15, 0.2) is 0 Å². The first-order valence-corrected chi connectivity index (χ1v) is 11.4. The molecule has 1 amide bonds. The Morgan fingerprint density at radius 3 is 2.59 bits per heavy atom. The summed E-state index contributed by atoms with van der Waals surface area (Å²) in [6.45, 7) is 11.8. The third-order valence-corrected chi connectivity index (χ3v) is 5.81. The number of benzene rings is 1. The fourth-order valence-electron chi connectivity index (χ4n) is 3.76. The summed E-state index contributed by atoms with van der Waals surface area (Å²) in [5, 5.41) is 3.01. The van der Waals surface area contributed by atoms with Crippen molar-refractivity contribution >= 4 is 11.6 Å². The summed E-state index contributed by atoms with van der Waals surface area (Å²) in [7, 11) is 0. The lowest BCUT2D eigenvalue weighted by molar-refractivity contribution is -0.140. The molecule has 29 heavy (non-hydrogen) atoms. The fourth-order valence-corrected chi connectivity index (χ4v) is 3.76. The van der Waals surface area contributed by atoms with Crippen molar-refractivity contribution in [2.24, 2.45) is 0 Å². The van der Waals surface area contributed by atoms with E-state index < -0.39 is 5.60 Å². The van der Waals surface area contributed by atoms with Crippen LogP contribution in [0.1, 0.15) is 72.6 Å². The average molecular weight is 405 g/mol. The molecule has 1 aromatic carbocycles. The quantitative estimate of drug-likeness (QED) is 0.517. The fraction of sp³-hybridized carbons (Fsp3) is 0.708. The molecule has 1 saturated heterocycles. The van der Waals surface area contributed by atoms with E-state index in [0.717, 1.165) is 43.7 Å². The van der Waals surface area contributed by atoms with Gasteiger partial charge in [0.2, 0.25) is 0 Å². The van der Waals surface area contributed by atoms with Gasteiger partial charge in [0.1, 0.15) is 18.0 Å². The maximum atomic E-state index is 12.8. The highest BCUT2D eigenvalue weighted by Crippen LogP contribution is 2.23. The van der Waals surface area contributed by atoms with Crippen molar-refractivity contribution in [3.05, 3.63) is 24.3 Å².